The Labute approximate surface area is 146 Å². The van der Waals surface area contributed by atoms with Crippen LogP contribution in [0.5, 0.6) is 5.75 Å². The topological polar surface area (TPSA) is 55.4 Å². The predicted octanol–water partition coefficient (Wildman–Crippen LogP) is 4.37. The summed E-state index contributed by atoms with van der Waals surface area (Å²) in [5.74, 6) is -0.515. The molecule has 0 spiro atoms. The van der Waals surface area contributed by atoms with E-state index < -0.39 is 22.1 Å². The monoisotopic (exact) mass is 399 g/mol. The second-order valence-electron chi connectivity index (χ2n) is 4.58. The summed E-state index contributed by atoms with van der Waals surface area (Å²) in [7, 11) is -3.94. The minimum Gasteiger partial charge on any atom is -0.406 e. The molecule has 0 aromatic heterocycles. The molecule has 24 heavy (non-hydrogen) atoms. The van der Waals surface area contributed by atoms with Gasteiger partial charge in [0.15, 0.2) is 0 Å². The Hall–Kier alpha value is -1.48. The van der Waals surface area contributed by atoms with Gasteiger partial charge in [-0.25, -0.2) is 13.1 Å². The molecule has 4 nitrogen and oxygen atoms in total. The molecule has 1 N–H and O–H groups in total. The van der Waals surface area contributed by atoms with Gasteiger partial charge in [-0.15, -0.1) is 13.2 Å². The number of benzene rings is 2. The zero-order valence-electron chi connectivity index (χ0n) is 11.8. The van der Waals surface area contributed by atoms with Gasteiger partial charge in [0.05, 0.1) is 4.90 Å². The van der Waals surface area contributed by atoms with Crippen molar-refractivity contribution in [3.63, 3.8) is 0 Å². The van der Waals surface area contributed by atoms with Gasteiger partial charge in [-0.05, 0) is 48.0 Å². The first kappa shape index (κ1) is 18.9. The molecule has 130 valence electrons. The van der Waals surface area contributed by atoms with E-state index in [0.717, 1.165) is 24.3 Å². The van der Waals surface area contributed by atoms with Crippen molar-refractivity contribution in [3.05, 3.63) is 58.1 Å². The van der Waals surface area contributed by atoms with Gasteiger partial charge in [0.2, 0.25) is 10.0 Å². The highest BCUT2D eigenvalue weighted by Crippen LogP contribution is 2.24. The third-order valence-corrected chi connectivity index (χ3v) is 4.85. The molecule has 2 aromatic rings. The SMILES string of the molecule is O=S(=O)(NCc1cc(Cl)ccc1Cl)c1ccc(OC(F)(F)F)cc1. The highest BCUT2D eigenvalue weighted by Gasteiger charge is 2.31. The molecule has 0 aliphatic heterocycles. The number of rotatable bonds is 5. The van der Waals surface area contributed by atoms with Crippen LogP contribution in [-0.4, -0.2) is 14.8 Å². The molecule has 0 unspecified atom stereocenters. The lowest BCUT2D eigenvalue weighted by molar-refractivity contribution is -0.274. The zero-order valence-corrected chi connectivity index (χ0v) is 14.1. The molecule has 0 bridgehead atoms. The molecule has 2 aromatic carbocycles. The molecule has 10 heteroatoms. The summed E-state index contributed by atoms with van der Waals surface area (Å²) in [5.41, 5.74) is 0.463. The third-order valence-electron chi connectivity index (χ3n) is 2.83. The van der Waals surface area contributed by atoms with Crippen molar-refractivity contribution in [3.8, 4) is 5.75 Å². The van der Waals surface area contributed by atoms with Crippen LogP contribution in [0, 0.1) is 0 Å². The first-order valence-corrected chi connectivity index (χ1v) is 8.60. The first-order chi connectivity index (χ1) is 11.1. The fraction of sp³-hybridized carbons (Fsp3) is 0.143. The van der Waals surface area contributed by atoms with Crippen LogP contribution in [0.25, 0.3) is 0 Å². The van der Waals surface area contributed by atoms with E-state index in [0.29, 0.717) is 15.6 Å². The molecule has 0 aliphatic rings. The Balaban J connectivity index is 2.11. The smallest absolute Gasteiger partial charge is 0.406 e. The Morgan fingerprint density at radius 2 is 1.67 bits per heavy atom. The standard InChI is InChI=1S/C14H10Cl2F3NO3S/c15-10-1-6-13(16)9(7-10)8-20-24(21,22)12-4-2-11(3-5-12)23-14(17,18)19/h1-7,20H,8H2. The molecular formula is C14H10Cl2F3NO3S. The highest BCUT2D eigenvalue weighted by atomic mass is 35.5. The quantitative estimate of drug-likeness (QED) is 0.811. The average Bonchev–Trinajstić information content (AvgIpc) is 2.47. The summed E-state index contributed by atoms with van der Waals surface area (Å²) in [6.45, 7) is -0.122. The van der Waals surface area contributed by atoms with Crippen molar-refractivity contribution in [2.24, 2.45) is 0 Å². The van der Waals surface area contributed by atoms with Crippen molar-refractivity contribution in [2.45, 2.75) is 17.8 Å². The fourth-order valence-corrected chi connectivity index (χ4v) is 3.14. The Morgan fingerprint density at radius 3 is 2.25 bits per heavy atom. The average molecular weight is 400 g/mol. The van der Waals surface area contributed by atoms with Crippen molar-refractivity contribution >= 4 is 33.2 Å². The molecule has 0 amide bonds. The number of alkyl halides is 3. The normalized spacial score (nSPS) is 12.2. The number of hydrogen-bond acceptors (Lipinski definition) is 3. The van der Waals surface area contributed by atoms with Gasteiger partial charge in [-0.2, -0.15) is 0 Å². The van der Waals surface area contributed by atoms with Crippen LogP contribution < -0.4 is 9.46 Å². The number of sulfonamides is 1. The maximum Gasteiger partial charge on any atom is 0.573 e. The first-order valence-electron chi connectivity index (χ1n) is 6.36. The van der Waals surface area contributed by atoms with E-state index in [4.69, 9.17) is 23.2 Å². The van der Waals surface area contributed by atoms with Gasteiger partial charge >= 0.3 is 6.36 Å². The van der Waals surface area contributed by atoms with Gasteiger partial charge in [0, 0.05) is 16.6 Å². The number of halogens is 5. The van der Waals surface area contributed by atoms with Gasteiger partial charge < -0.3 is 4.74 Å². The molecule has 0 atom stereocenters. The van der Waals surface area contributed by atoms with E-state index in [1.807, 2.05) is 0 Å². The summed E-state index contributed by atoms with van der Waals surface area (Å²) in [5, 5.41) is 0.721. The Morgan fingerprint density at radius 1 is 1.04 bits per heavy atom. The van der Waals surface area contributed by atoms with Gasteiger partial charge in [-0.1, -0.05) is 23.2 Å². The van der Waals surface area contributed by atoms with Crippen LogP contribution in [0.4, 0.5) is 13.2 Å². The third kappa shape index (κ3) is 5.27. The predicted molar refractivity (Wildman–Crippen MR) is 83.6 cm³/mol. The lowest BCUT2D eigenvalue weighted by Gasteiger charge is -2.11. The van der Waals surface area contributed by atoms with E-state index in [1.165, 1.54) is 12.1 Å². The maximum atomic E-state index is 12.1. The number of ether oxygens (including phenoxy) is 1. The van der Waals surface area contributed by atoms with Gasteiger partial charge in [-0.3, -0.25) is 0 Å². The lowest BCUT2D eigenvalue weighted by atomic mass is 10.2. The molecule has 0 aliphatic carbocycles. The number of nitrogens with one attached hydrogen (secondary N) is 1. The van der Waals surface area contributed by atoms with Crippen molar-refractivity contribution in [2.75, 3.05) is 0 Å². The van der Waals surface area contributed by atoms with Crippen LogP contribution in [0.15, 0.2) is 47.4 Å². The molecular weight excluding hydrogens is 390 g/mol. The largest absolute Gasteiger partial charge is 0.573 e. The van der Waals surface area contributed by atoms with Crippen molar-refractivity contribution in [1.29, 1.82) is 0 Å². The van der Waals surface area contributed by atoms with E-state index in [-0.39, 0.29) is 11.4 Å². The Kier molecular flexibility index (Phi) is 5.64. The molecule has 0 fully saturated rings. The summed E-state index contributed by atoms with van der Waals surface area (Å²) in [6, 6.07) is 8.42. The van der Waals surface area contributed by atoms with Crippen molar-refractivity contribution in [1.82, 2.24) is 4.72 Å². The van der Waals surface area contributed by atoms with E-state index in [9.17, 15) is 21.6 Å². The molecule has 0 saturated carbocycles. The molecule has 2 rings (SSSR count). The summed E-state index contributed by atoms with van der Waals surface area (Å²) in [6.07, 6.45) is -4.85. The van der Waals surface area contributed by atoms with Crippen LogP contribution in [0.2, 0.25) is 10.0 Å². The second kappa shape index (κ2) is 7.18. The van der Waals surface area contributed by atoms with E-state index in [2.05, 4.69) is 9.46 Å². The van der Waals surface area contributed by atoms with Crippen LogP contribution in [-0.2, 0) is 16.6 Å². The van der Waals surface area contributed by atoms with Gasteiger partial charge in [0.1, 0.15) is 5.75 Å². The van der Waals surface area contributed by atoms with Crippen molar-refractivity contribution < 1.29 is 26.3 Å². The minimum atomic E-state index is -4.85. The minimum absolute atomic E-state index is 0.122. The molecule has 0 heterocycles. The van der Waals surface area contributed by atoms with Crippen LogP contribution >= 0.6 is 23.2 Å². The van der Waals surface area contributed by atoms with E-state index >= 15 is 0 Å². The van der Waals surface area contributed by atoms with E-state index in [1.54, 1.807) is 6.07 Å². The van der Waals surface area contributed by atoms with Gasteiger partial charge in [0.25, 0.3) is 0 Å². The number of hydrogen-bond donors (Lipinski definition) is 1. The highest BCUT2D eigenvalue weighted by molar-refractivity contribution is 7.89. The Bertz CT molecular complexity index is 824. The summed E-state index contributed by atoms with van der Waals surface area (Å²) in [4.78, 5) is -0.213. The fourth-order valence-electron chi connectivity index (χ4n) is 1.76. The summed E-state index contributed by atoms with van der Waals surface area (Å²) >= 11 is 11.7. The van der Waals surface area contributed by atoms with Crippen LogP contribution in [0.1, 0.15) is 5.56 Å². The molecule has 0 saturated heterocycles. The zero-order chi connectivity index (χ0) is 18.0. The lowest BCUT2D eigenvalue weighted by Crippen LogP contribution is -2.23. The maximum absolute atomic E-state index is 12.1. The molecule has 0 radical (unpaired) electrons. The second-order valence-corrected chi connectivity index (χ2v) is 7.19. The van der Waals surface area contributed by atoms with Crippen LogP contribution in [0.3, 0.4) is 0 Å². The summed E-state index contributed by atoms with van der Waals surface area (Å²) < 4.78 is 66.5.